The minimum Gasteiger partial charge on any atom is -0.822 e. The summed E-state index contributed by atoms with van der Waals surface area (Å²) in [6, 6.07) is 0. The maximum Gasteiger partial charge on any atom is 2.00 e. The van der Waals surface area contributed by atoms with Crippen LogP contribution in [-0.4, -0.2) is 37.7 Å². The van der Waals surface area contributed by atoms with Gasteiger partial charge < -0.3 is 115 Å². The van der Waals surface area contributed by atoms with Crippen LogP contribution < -0.4 is 88.1 Å². The SMILES string of the molecule is O=P([O-])([O-])[O-].O=P([O-])([O-])[O-].O=P([O-])([O-])[O-].O=P([O-])([O-])[O-].O=P([O-])([O-])[O-].O=P([O-])([O-])[O-].[Ca+2]. The van der Waals surface area contributed by atoms with Gasteiger partial charge in [0, 0.05) is 0 Å². The largest absolute Gasteiger partial charge is 2.00 e. The monoisotopic (exact) mass is 610 g/mol. The summed E-state index contributed by atoms with van der Waals surface area (Å²) in [6.45, 7) is 0. The minimum absolute atomic E-state index is 0. The first-order valence-electron chi connectivity index (χ1n) is 4.38. The summed E-state index contributed by atoms with van der Waals surface area (Å²) in [5, 5.41) is 0. The summed E-state index contributed by atoms with van der Waals surface area (Å²) < 4.78 is 51.3. The average molecular weight is 610 g/mol. The summed E-state index contributed by atoms with van der Waals surface area (Å²) in [7, 11) is -32.3. The number of hydrogen-bond acceptors (Lipinski definition) is 24. The van der Waals surface area contributed by atoms with Crippen LogP contribution in [0.5, 0.6) is 0 Å². The van der Waals surface area contributed by atoms with Crippen LogP contribution in [0.3, 0.4) is 0 Å². The van der Waals surface area contributed by atoms with Gasteiger partial charge in [-0.25, -0.2) is 0 Å². The van der Waals surface area contributed by atoms with E-state index in [1.165, 1.54) is 0 Å². The third-order valence-corrected chi connectivity index (χ3v) is 0. The first-order valence-corrected chi connectivity index (χ1v) is 13.1. The summed E-state index contributed by atoms with van der Waals surface area (Å²) in [5.74, 6) is 0. The molecule has 0 aromatic carbocycles. The van der Waals surface area contributed by atoms with Crippen LogP contribution in [0.2, 0.25) is 0 Å². The van der Waals surface area contributed by atoms with Gasteiger partial charge in [0.1, 0.15) is 0 Å². The predicted octanol–water partition coefficient (Wildman–Crippen LogP) is -17.3. The smallest absolute Gasteiger partial charge is 0.822 e. The first kappa shape index (κ1) is 49.9. The molecule has 0 radical (unpaired) electrons. The fourth-order valence-corrected chi connectivity index (χ4v) is 0. The molecule has 31 heavy (non-hydrogen) atoms. The van der Waals surface area contributed by atoms with Crippen LogP contribution in [0, 0.1) is 0 Å². The molecule has 0 aromatic heterocycles. The van der Waals surface area contributed by atoms with Crippen LogP contribution >= 0.6 is 46.9 Å². The molecule has 0 rings (SSSR count). The molecule has 0 aliphatic carbocycles. The summed E-state index contributed by atoms with van der Waals surface area (Å²) >= 11 is 0. The molecule has 0 unspecified atom stereocenters. The second kappa shape index (κ2) is 21.2. The first-order chi connectivity index (χ1) is 12.0. The maximum absolute atomic E-state index is 8.55. The third-order valence-electron chi connectivity index (χ3n) is 0. The van der Waals surface area contributed by atoms with Gasteiger partial charge in [0.05, 0.1) is 0 Å². The molecule has 0 fully saturated rings. The molecule has 31 heteroatoms. The van der Waals surface area contributed by atoms with Crippen molar-refractivity contribution in [1.29, 1.82) is 0 Å². The van der Waals surface area contributed by atoms with Crippen LogP contribution in [0.25, 0.3) is 0 Å². The summed E-state index contributed by atoms with van der Waals surface area (Å²) in [6.07, 6.45) is 0. The van der Waals surface area contributed by atoms with Crippen LogP contribution in [0.1, 0.15) is 0 Å². The van der Waals surface area contributed by atoms with Gasteiger partial charge in [-0.1, -0.05) is 0 Å². The van der Waals surface area contributed by atoms with Gasteiger partial charge in [-0.05, 0) is 0 Å². The Balaban J connectivity index is -0.0000000443. The number of rotatable bonds is 0. The molecule has 0 bridgehead atoms. The average Bonchev–Trinajstić information content (AvgIpc) is 1.94. The molecular formula is CaO24P6-16. The fourth-order valence-electron chi connectivity index (χ4n) is 0. The van der Waals surface area contributed by atoms with Gasteiger partial charge in [-0.15, -0.1) is 0 Å². The molecule has 0 amide bonds. The van der Waals surface area contributed by atoms with Crippen molar-refractivity contribution >= 4 is 84.7 Å². The third kappa shape index (κ3) is 7750. The molecule has 0 saturated heterocycles. The van der Waals surface area contributed by atoms with Gasteiger partial charge in [-0.3, -0.25) is 0 Å². The molecule has 0 heterocycles. The quantitative estimate of drug-likeness (QED) is 0.181. The Bertz CT molecular complexity index is 460. The molecule has 0 N–H and O–H groups in total. The van der Waals surface area contributed by atoms with E-state index in [2.05, 4.69) is 0 Å². The van der Waals surface area contributed by atoms with Crippen molar-refractivity contribution in [1.82, 2.24) is 0 Å². The van der Waals surface area contributed by atoms with Crippen LogP contribution in [0.15, 0.2) is 0 Å². The van der Waals surface area contributed by atoms with Gasteiger partial charge in [-0.2, -0.15) is 46.9 Å². The van der Waals surface area contributed by atoms with Gasteiger partial charge in [0.2, 0.25) is 0 Å². The van der Waals surface area contributed by atoms with Crippen molar-refractivity contribution in [2.75, 3.05) is 0 Å². The van der Waals surface area contributed by atoms with E-state index in [0.29, 0.717) is 0 Å². The Kier molecular flexibility index (Phi) is 34.2. The van der Waals surface area contributed by atoms with E-state index in [1.807, 2.05) is 0 Å². The molecule has 192 valence electrons. The fraction of sp³-hybridized carbons (Fsp3) is 0. The number of phosphoric acid groups is 6. The van der Waals surface area contributed by atoms with Crippen molar-refractivity contribution in [2.45, 2.75) is 0 Å². The van der Waals surface area contributed by atoms with Crippen molar-refractivity contribution < 1.29 is 115 Å². The Labute approximate surface area is 199 Å². The predicted molar refractivity (Wildman–Crippen MR) is 51.4 cm³/mol. The zero-order valence-corrected chi connectivity index (χ0v) is 20.8. The van der Waals surface area contributed by atoms with E-state index >= 15 is 0 Å². The number of hydrogen-bond donors (Lipinski definition) is 0. The second-order valence-electron chi connectivity index (χ2n) is 2.68. The summed E-state index contributed by atoms with van der Waals surface area (Å²) in [5.41, 5.74) is 0. The Morgan fingerprint density at radius 1 is 0.226 bits per heavy atom. The van der Waals surface area contributed by atoms with Gasteiger partial charge in [0.15, 0.2) is 0 Å². The van der Waals surface area contributed by atoms with Gasteiger partial charge in [0.25, 0.3) is 0 Å². The van der Waals surface area contributed by atoms with Gasteiger partial charge >= 0.3 is 37.7 Å². The van der Waals surface area contributed by atoms with E-state index in [1.54, 1.807) is 0 Å². The molecule has 24 nitrogen and oxygen atoms in total. The summed E-state index contributed by atoms with van der Waals surface area (Å²) in [4.78, 5) is 154. The molecule has 0 saturated carbocycles. The molecule has 0 aliphatic rings. The van der Waals surface area contributed by atoms with E-state index < -0.39 is 46.9 Å². The Morgan fingerprint density at radius 3 is 0.226 bits per heavy atom. The van der Waals surface area contributed by atoms with E-state index in [-0.39, 0.29) is 37.7 Å². The zero-order chi connectivity index (χ0) is 27.0. The molecule has 0 aliphatic heterocycles. The zero-order valence-electron chi connectivity index (χ0n) is 13.2. The Hall–Kier alpha value is 1.92. The Morgan fingerprint density at radius 2 is 0.226 bits per heavy atom. The second-order valence-corrected chi connectivity index (χ2v) is 8.05. The molecule has 0 atom stereocenters. The van der Waals surface area contributed by atoms with E-state index in [4.69, 9.17) is 115 Å². The normalized spacial score (nSPS) is 11.4. The van der Waals surface area contributed by atoms with Crippen LogP contribution in [-0.2, 0) is 27.4 Å². The minimum atomic E-state index is -5.39. The van der Waals surface area contributed by atoms with Crippen molar-refractivity contribution in [3.8, 4) is 0 Å². The van der Waals surface area contributed by atoms with Crippen molar-refractivity contribution in [3.63, 3.8) is 0 Å². The van der Waals surface area contributed by atoms with Crippen LogP contribution in [0.4, 0.5) is 0 Å². The van der Waals surface area contributed by atoms with E-state index in [0.717, 1.165) is 0 Å². The van der Waals surface area contributed by atoms with E-state index in [9.17, 15) is 0 Å². The molecule has 0 spiro atoms. The van der Waals surface area contributed by atoms with Crippen molar-refractivity contribution in [2.24, 2.45) is 0 Å². The molecular weight excluding hydrogens is 610 g/mol. The standard InChI is InChI=1S/Ca.6H3O4P/c;6*1-5(2,3)4/h;6*(H3,1,2,3,4)/q+2;;;;;;/p-18. The molecule has 0 aromatic rings. The maximum atomic E-state index is 8.55. The van der Waals surface area contributed by atoms with Crippen molar-refractivity contribution in [3.05, 3.63) is 0 Å². The topological polar surface area (TPSA) is 518 Å².